The number of benzene rings is 1. The monoisotopic (exact) mass is 332 g/mol. The Kier molecular flexibility index (Phi) is 6.59. The van der Waals surface area contributed by atoms with Crippen LogP contribution in [-0.2, 0) is 11.2 Å². The highest BCUT2D eigenvalue weighted by Crippen LogP contribution is 2.24. The number of nitrogens with one attached hydrogen (secondary N) is 1. The van der Waals surface area contributed by atoms with E-state index in [0.29, 0.717) is 18.8 Å². The normalized spacial score (nSPS) is 10.8. The minimum absolute atomic E-state index is 0.104. The zero-order valence-corrected chi connectivity index (χ0v) is 14.8. The Morgan fingerprint density at radius 3 is 2.70 bits per heavy atom. The van der Waals surface area contributed by atoms with Gasteiger partial charge in [-0.3, -0.25) is 4.79 Å². The zero-order chi connectivity index (χ0) is 16.7. The summed E-state index contributed by atoms with van der Waals surface area (Å²) in [6, 6.07) is 7.85. The molecule has 1 amide bonds. The molecule has 1 N–H and O–H groups in total. The highest BCUT2D eigenvalue weighted by molar-refractivity contribution is 7.09. The van der Waals surface area contributed by atoms with Gasteiger partial charge in [0.25, 0.3) is 0 Å². The Labute approximate surface area is 141 Å². The van der Waals surface area contributed by atoms with Gasteiger partial charge >= 0.3 is 0 Å². The van der Waals surface area contributed by atoms with Gasteiger partial charge in [-0.25, -0.2) is 4.98 Å². The van der Waals surface area contributed by atoms with Crippen molar-refractivity contribution >= 4 is 17.2 Å². The van der Waals surface area contributed by atoms with E-state index in [1.54, 1.807) is 18.4 Å². The summed E-state index contributed by atoms with van der Waals surface area (Å²) < 4.78 is 5.16. The van der Waals surface area contributed by atoms with E-state index in [1.807, 2.05) is 29.6 Å². The summed E-state index contributed by atoms with van der Waals surface area (Å²) >= 11 is 1.60. The molecule has 0 unspecified atom stereocenters. The number of hydrogen-bond donors (Lipinski definition) is 1. The van der Waals surface area contributed by atoms with Crippen LogP contribution in [0.5, 0.6) is 5.75 Å². The molecule has 2 rings (SSSR count). The van der Waals surface area contributed by atoms with Crippen molar-refractivity contribution in [2.24, 2.45) is 5.92 Å². The number of methoxy groups -OCH3 is 1. The number of nitrogens with zero attached hydrogens (tertiary/aromatic N) is 1. The van der Waals surface area contributed by atoms with Crippen LogP contribution in [0.15, 0.2) is 29.6 Å². The number of amides is 1. The average Bonchev–Trinajstić information content (AvgIpc) is 3.01. The summed E-state index contributed by atoms with van der Waals surface area (Å²) in [6.45, 7) is 5.07. The average molecular weight is 332 g/mol. The van der Waals surface area contributed by atoms with E-state index in [4.69, 9.17) is 4.74 Å². The molecule has 1 heterocycles. The molecule has 0 saturated heterocycles. The van der Waals surface area contributed by atoms with Crippen molar-refractivity contribution in [3.8, 4) is 17.0 Å². The highest BCUT2D eigenvalue weighted by atomic mass is 32.1. The molecule has 5 heteroatoms. The quantitative estimate of drug-likeness (QED) is 0.797. The lowest BCUT2D eigenvalue weighted by molar-refractivity contribution is -0.121. The fraction of sp³-hybridized carbons (Fsp3) is 0.444. The molecule has 0 aliphatic rings. The predicted molar refractivity (Wildman–Crippen MR) is 94.9 cm³/mol. The summed E-state index contributed by atoms with van der Waals surface area (Å²) in [5.41, 5.74) is 2.02. The molecule has 1 aromatic carbocycles. The first-order valence-electron chi connectivity index (χ1n) is 7.94. The number of ether oxygens (including phenoxy) is 1. The number of carbonyl (C=O) groups excluding carboxylic acids is 1. The standard InChI is InChI=1S/C18H24N2O2S/c1-13(2)10-11-19-17(21)8-9-18-20-16(12-23-18)14-4-6-15(22-3)7-5-14/h4-7,12-13H,8-11H2,1-3H3,(H,19,21). The molecule has 0 atom stereocenters. The second-order valence-electron chi connectivity index (χ2n) is 5.89. The van der Waals surface area contributed by atoms with E-state index in [1.165, 1.54) is 0 Å². The third-order valence-electron chi connectivity index (χ3n) is 3.55. The van der Waals surface area contributed by atoms with Crippen LogP contribution >= 0.6 is 11.3 Å². The maximum absolute atomic E-state index is 11.8. The third kappa shape index (κ3) is 5.67. The van der Waals surface area contributed by atoms with Gasteiger partial charge in [0.05, 0.1) is 17.8 Å². The van der Waals surface area contributed by atoms with Gasteiger partial charge in [-0.05, 0) is 36.6 Å². The Morgan fingerprint density at radius 2 is 2.04 bits per heavy atom. The SMILES string of the molecule is COc1ccc(-c2csc(CCC(=O)NCCC(C)C)n2)cc1. The molecular formula is C18H24N2O2S. The van der Waals surface area contributed by atoms with E-state index in [9.17, 15) is 4.79 Å². The third-order valence-corrected chi connectivity index (χ3v) is 4.46. The minimum atomic E-state index is 0.104. The molecule has 0 saturated carbocycles. The Hall–Kier alpha value is -1.88. The second-order valence-corrected chi connectivity index (χ2v) is 6.83. The van der Waals surface area contributed by atoms with Crippen LogP contribution in [0.2, 0.25) is 0 Å². The van der Waals surface area contributed by atoms with E-state index in [0.717, 1.165) is 35.0 Å². The number of thiazole rings is 1. The van der Waals surface area contributed by atoms with Crippen molar-refractivity contribution in [2.45, 2.75) is 33.1 Å². The van der Waals surface area contributed by atoms with Crippen molar-refractivity contribution in [3.05, 3.63) is 34.7 Å². The van der Waals surface area contributed by atoms with E-state index < -0.39 is 0 Å². The van der Waals surface area contributed by atoms with Gasteiger partial charge < -0.3 is 10.1 Å². The largest absolute Gasteiger partial charge is 0.497 e. The molecule has 2 aromatic rings. The molecule has 23 heavy (non-hydrogen) atoms. The Morgan fingerprint density at radius 1 is 1.30 bits per heavy atom. The van der Waals surface area contributed by atoms with Crippen LogP contribution < -0.4 is 10.1 Å². The predicted octanol–water partition coefficient (Wildman–Crippen LogP) is 3.91. The molecule has 0 spiro atoms. The van der Waals surface area contributed by atoms with Gasteiger partial charge in [0.15, 0.2) is 0 Å². The first kappa shape index (κ1) is 17.5. The fourth-order valence-corrected chi connectivity index (χ4v) is 2.94. The van der Waals surface area contributed by atoms with E-state index in [2.05, 4.69) is 24.1 Å². The van der Waals surface area contributed by atoms with Crippen molar-refractivity contribution in [1.82, 2.24) is 10.3 Å². The number of rotatable bonds is 8. The number of aromatic nitrogens is 1. The molecule has 124 valence electrons. The summed E-state index contributed by atoms with van der Waals surface area (Å²) in [4.78, 5) is 16.4. The Bertz CT molecular complexity index is 620. The van der Waals surface area contributed by atoms with Gasteiger partial charge in [0.1, 0.15) is 5.75 Å². The van der Waals surface area contributed by atoms with Crippen LogP contribution in [0.3, 0.4) is 0 Å². The van der Waals surface area contributed by atoms with Crippen molar-refractivity contribution < 1.29 is 9.53 Å². The summed E-state index contributed by atoms with van der Waals surface area (Å²) in [7, 11) is 1.65. The van der Waals surface area contributed by atoms with Crippen molar-refractivity contribution in [3.63, 3.8) is 0 Å². The van der Waals surface area contributed by atoms with Gasteiger partial charge in [0, 0.05) is 30.3 Å². The number of hydrogen-bond acceptors (Lipinski definition) is 4. The smallest absolute Gasteiger partial charge is 0.220 e. The lowest BCUT2D eigenvalue weighted by Crippen LogP contribution is -2.25. The molecule has 1 aromatic heterocycles. The molecule has 0 aliphatic heterocycles. The molecule has 0 radical (unpaired) electrons. The summed E-state index contributed by atoms with van der Waals surface area (Å²) in [6.07, 6.45) is 2.20. The molecular weight excluding hydrogens is 308 g/mol. The maximum atomic E-state index is 11.8. The van der Waals surface area contributed by atoms with E-state index >= 15 is 0 Å². The second kappa shape index (κ2) is 8.67. The lowest BCUT2D eigenvalue weighted by atomic mass is 10.1. The Balaban J connectivity index is 1.83. The van der Waals surface area contributed by atoms with Gasteiger partial charge in [-0.1, -0.05) is 13.8 Å². The molecule has 0 aliphatic carbocycles. The van der Waals surface area contributed by atoms with Crippen LogP contribution in [0.4, 0.5) is 0 Å². The van der Waals surface area contributed by atoms with Gasteiger partial charge in [-0.15, -0.1) is 11.3 Å². The molecule has 0 bridgehead atoms. The van der Waals surface area contributed by atoms with Crippen LogP contribution in [0.1, 0.15) is 31.7 Å². The first-order chi connectivity index (χ1) is 11.1. The molecule has 4 nitrogen and oxygen atoms in total. The van der Waals surface area contributed by atoms with Crippen LogP contribution in [0.25, 0.3) is 11.3 Å². The maximum Gasteiger partial charge on any atom is 0.220 e. The fourth-order valence-electron chi connectivity index (χ4n) is 2.13. The topological polar surface area (TPSA) is 51.2 Å². The molecule has 0 fully saturated rings. The van der Waals surface area contributed by atoms with Crippen LogP contribution in [-0.4, -0.2) is 24.5 Å². The highest BCUT2D eigenvalue weighted by Gasteiger charge is 2.08. The van der Waals surface area contributed by atoms with Gasteiger partial charge in [0.2, 0.25) is 5.91 Å². The summed E-state index contributed by atoms with van der Waals surface area (Å²) in [5, 5.41) is 5.99. The van der Waals surface area contributed by atoms with Crippen molar-refractivity contribution in [1.29, 1.82) is 0 Å². The first-order valence-corrected chi connectivity index (χ1v) is 8.82. The summed E-state index contributed by atoms with van der Waals surface area (Å²) in [5.74, 6) is 1.55. The van der Waals surface area contributed by atoms with Gasteiger partial charge in [-0.2, -0.15) is 0 Å². The minimum Gasteiger partial charge on any atom is -0.497 e. The van der Waals surface area contributed by atoms with E-state index in [-0.39, 0.29) is 5.91 Å². The zero-order valence-electron chi connectivity index (χ0n) is 14.0. The van der Waals surface area contributed by atoms with Crippen LogP contribution in [0, 0.1) is 5.92 Å². The number of aryl methyl sites for hydroxylation is 1. The van der Waals surface area contributed by atoms with Crippen molar-refractivity contribution in [2.75, 3.05) is 13.7 Å². The lowest BCUT2D eigenvalue weighted by Gasteiger charge is -2.06. The number of carbonyl (C=O) groups is 1.